The monoisotopic (exact) mass is 205 g/mol. The third-order valence-electron chi connectivity index (χ3n) is 2.02. The van der Waals surface area contributed by atoms with Crippen LogP contribution in [0.5, 0.6) is 0 Å². The van der Waals surface area contributed by atoms with Crippen LogP contribution < -0.4 is 5.73 Å². The lowest BCUT2D eigenvalue weighted by molar-refractivity contribution is 0.105. The van der Waals surface area contributed by atoms with Crippen molar-refractivity contribution in [3.63, 3.8) is 0 Å². The number of rotatable bonds is 3. The standard InChI is InChI=1S/C10H11N3O2/c1-14-8(7-5-3-2-4-6-7)9-12-10(11)13-15-9/h2-6,8H,1H3,(H2,11,13). The van der Waals surface area contributed by atoms with Gasteiger partial charge in [-0.3, -0.25) is 0 Å². The topological polar surface area (TPSA) is 74.2 Å². The molecule has 5 nitrogen and oxygen atoms in total. The quantitative estimate of drug-likeness (QED) is 0.819. The Hall–Kier alpha value is -1.88. The highest BCUT2D eigenvalue weighted by Crippen LogP contribution is 2.23. The summed E-state index contributed by atoms with van der Waals surface area (Å²) in [6, 6.07) is 9.61. The van der Waals surface area contributed by atoms with Crippen LogP contribution in [0.2, 0.25) is 0 Å². The summed E-state index contributed by atoms with van der Waals surface area (Å²) < 4.78 is 10.2. The second-order valence-corrected chi connectivity index (χ2v) is 3.02. The second-order valence-electron chi connectivity index (χ2n) is 3.02. The third kappa shape index (κ3) is 1.97. The molecule has 1 aromatic carbocycles. The van der Waals surface area contributed by atoms with Crippen molar-refractivity contribution in [2.45, 2.75) is 6.10 Å². The van der Waals surface area contributed by atoms with Crippen molar-refractivity contribution in [2.24, 2.45) is 0 Å². The molecule has 0 aliphatic carbocycles. The van der Waals surface area contributed by atoms with Crippen LogP contribution >= 0.6 is 0 Å². The van der Waals surface area contributed by atoms with Crippen LogP contribution in [-0.2, 0) is 4.74 Å². The van der Waals surface area contributed by atoms with E-state index in [4.69, 9.17) is 15.0 Å². The molecule has 2 rings (SSSR count). The first kappa shape index (κ1) is 9.67. The number of nitrogens with two attached hydrogens (primary N) is 1. The van der Waals surface area contributed by atoms with Crippen molar-refractivity contribution in [3.05, 3.63) is 41.8 Å². The third-order valence-corrected chi connectivity index (χ3v) is 2.02. The smallest absolute Gasteiger partial charge is 0.261 e. The van der Waals surface area contributed by atoms with Crippen molar-refractivity contribution in [2.75, 3.05) is 12.8 Å². The number of methoxy groups -OCH3 is 1. The maximum Gasteiger partial charge on any atom is 0.261 e. The van der Waals surface area contributed by atoms with Gasteiger partial charge in [0, 0.05) is 7.11 Å². The Bertz CT molecular complexity index is 427. The predicted octanol–water partition coefficient (Wildman–Crippen LogP) is 1.39. The first-order valence-electron chi connectivity index (χ1n) is 4.48. The molecule has 0 amide bonds. The lowest BCUT2D eigenvalue weighted by atomic mass is 10.1. The molecule has 0 aliphatic rings. The van der Waals surface area contributed by atoms with Crippen molar-refractivity contribution in [3.8, 4) is 0 Å². The van der Waals surface area contributed by atoms with E-state index in [-0.39, 0.29) is 12.1 Å². The lowest BCUT2D eigenvalue weighted by Crippen LogP contribution is -2.03. The van der Waals surface area contributed by atoms with E-state index < -0.39 is 0 Å². The van der Waals surface area contributed by atoms with Crippen LogP contribution in [0.3, 0.4) is 0 Å². The molecule has 2 N–H and O–H groups in total. The summed E-state index contributed by atoms with van der Waals surface area (Å²) in [5.41, 5.74) is 6.33. The number of anilines is 1. The number of nitrogen functional groups attached to an aromatic ring is 1. The molecule has 0 fully saturated rings. The van der Waals surface area contributed by atoms with E-state index in [2.05, 4.69) is 10.1 Å². The molecule has 0 radical (unpaired) electrons. The van der Waals surface area contributed by atoms with Gasteiger partial charge in [-0.2, -0.15) is 4.98 Å². The summed E-state index contributed by atoms with van der Waals surface area (Å²) in [5.74, 6) is 0.476. The van der Waals surface area contributed by atoms with Gasteiger partial charge in [-0.1, -0.05) is 30.3 Å². The second kappa shape index (κ2) is 4.10. The number of hydrogen-bond donors (Lipinski definition) is 1. The molecule has 0 spiro atoms. The zero-order chi connectivity index (χ0) is 10.7. The minimum atomic E-state index is -0.365. The first-order valence-corrected chi connectivity index (χ1v) is 4.48. The molecule has 0 saturated heterocycles. The van der Waals surface area contributed by atoms with E-state index in [0.29, 0.717) is 5.89 Å². The van der Waals surface area contributed by atoms with Crippen molar-refractivity contribution >= 4 is 5.95 Å². The average Bonchev–Trinajstić information content (AvgIpc) is 2.68. The zero-order valence-corrected chi connectivity index (χ0v) is 8.25. The van der Waals surface area contributed by atoms with E-state index in [0.717, 1.165) is 5.56 Å². The van der Waals surface area contributed by atoms with Crippen LogP contribution in [0.4, 0.5) is 5.95 Å². The van der Waals surface area contributed by atoms with Gasteiger partial charge in [0.2, 0.25) is 0 Å². The fourth-order valence-corrected chi connectivity index (χ4v) is 1.36. The Labute approximate surface area is 86.9 Å². The number of aromatic nitrogens is 2. The maximum atomic E-state index is 5.38. The molecule has 1 atom stereocenters. The van der Waals surface area contributed by atoms with Gasteiger partial charge in [0.25, 0.3) is 11.8 Å². The predicted molar refractivity (Wildman–Crippen MR) is 54.0 cm³/mol. The summed E-state index contributed by atoms with van der Waals surface area (Å²) in [6.07, 6.45) is -0.365. The number of ether oxygens (including phenoxy) is 1. The highest BCUT2D eigenvalue weighted by atomic mass is 16.5. The summed E-state index contributed by atoms with van der Waals surface area (Å²) >= 11 is 0. The molecule has 5 heteroatoms. The molecule has 0 saturated carbocycles. The number of benzene rings is 1. The van der Waals surface area contributed by atoms with Crippen molar-refractivity contribution < 1.29 is 9.26 Å². The lowest BCUT2D eigenvalue weighted by Gasteiger charge is -2.10. The molecule has 2 aromatic rings. The molecule has 78 valence electrons. The Balaban J connectivity index is 2.33. The summed E-state index contributed by atoms with van der Waals surface area (Å²) in [7, 11) is 1.58. The molecular weight excluding hydrogens is 194 g/mol. The van der Waals surface area contributed by atoms with Gasteiger partial charge in [0.15, 0.2) is 6.10 Å². The van der Waals surface area contributed by atoms with Crippen LogP contribution in [0.25, 0.3) is 0 Å². The van der Waals surface area contributed by atoms with Gasteiger partial charge in [0.05, 0.1) is 0 Å². The Morgan fingerprint density at radius 3 is 2.60 bits per heavy atom. The molecule has 1 unspecified atom stereocenters. The van der Waals surface area contributed by atoms with Crippen molar-refractivity contribution in [1.29, 1.82) is 0 Å². The minimum absolute atomic E-state index is 0.114. The minimum Gasteiger partial charge on any atom is -0.367 e. The largest absolute Gasteiger partial charge is 0.367 e. The summed E-state index contributed by atoms with van der Waals surface area (Å²) in [4.78, 5) is 3.93. The first-order chi connectivity index (χ1) is 7.31. The van der Waals surface area contributed by atoms with Gasteiger partial charge >= 0.3 is 0 Å². The van der Waals surface area contributed by atoms with Crippen LogP contribution in [0.1, 0.15) is 17.6 Å². The fraction of sp³-hybridized carbons (Fsp3) is 0.200. The number of nitrogens with zero attached hydrogens (tertiary/aromatic N) is 2. The molecule has 1 aromatic heterocycles. The van der Waals surface area contributed by atoms with E-state index in [9.17, 15) is 0 Å². The van der Waals surface area contributed by atoms with Gasteiger partial charge in [-0.15, -0.1) is 0 Å². The normalized spacial score (nSPS) is 12.6. The highest BCUT2D eigenvalue weighted by Gasteiger charge is 2.19. The Morgan fingerprint density at radius 1 is 1.33 bits per heavy atom. The van der Waals surface area contributed by atoms with Crippen LogP contribution in [-0.4, -0.2) is 17.3 Å². The van der Waals surface area contributed by atoms with Crippen molar-refractivity contribution in [1.82, 2.24) is 10.1 Å². The van der Waals surface area contributed by atoms with E-state index in [1.807, 2.05) is 30.3 Å². The summed E-state index contributed by atoms with van der Waals surface area (Å²) in [5, 5.41) is 3.52. The summed E-state index contributed by atoms with van der Waals surface area (Å²) in [6.45, 7) is 0. The zero-order valence-electron chi connectivity index (χ0n) is 8.25. The van der Waals surface area contributed by atoms with Crippen LogP contribution in [0.15, 0.2) is 34.9 Å². The highest BCUT2D eigenvalue weighted by molar-refractivity contribution is 5.23. The Morgan fingerprint density at radius 2 is 2.07 bits per heavy atom. The maximum absolute atomic E-state index is 5.38. The average molecular weight is 205 g/mol. The van der Waals surface area contributed by atoms with E-state index in [1.54, 1.807) is 7.11 Å². The van der Waals surface area contributed by atoms with Gasteiger partial charge < -0.3 is 15.0 Å². The van der Waals surface area contributed by atoms with E-state index >= 15 is 0 Å². The van der Waals surface area contributed by atoms with Gasteiger partial charge in [-0.25, -0.2) is 0 Å². The Kier molecular flexibility index (Phi) is 2.64. The van der Waals surface area contributed by atoms with Crippen LogP contribution in [0, 0.1) is 0 Å². The SMILES string of the molecule is COC(c1ccccc1)c1nc(N)no1. The molecular formula is C10H11N3O2. The molecule has 15 heavy (non-hydrogen) atoms. The molecule has 0 aliphatic heterocycles. The van der Waals surface area contributed by atoms with E-state index in [1.165, 1.54) is 0 Å². The number of hydrogen-bond acceptors (Lipinski definition) is 5. The molecule has 1 heterocycles. The fourth-order valence-electron chi connectivity index (χ4n) is 1.36. The van der Waals surface area contributed by atoms with Gasteiger partial charge in [-0.05, 0) is 10.7 Å². The van der Waals surface area contributed by atoms with Gasteiger partial charge in [0.1, 0.15) is 0 Å². The molecule has 0 bridgehead atoms.